The number of benzene rings is 1. The minimum Gasteiger partial charge on any atom is -0.508 e. The zero-order chi connectivity index (χ0) is 14.8. The van der Waals surface area contributed by atoms with Crippen LogP contribution in [0.1, 0.15) is 49.7 Å². The third kappa shape index (κ3) is 1.73. The number of phenolic OH excluding ortho intramolecular Hbond substituents is 1. The van der Waals surface area contributed by atoms with Gasteiger partial charge in [0.2, 0.25) is 0 Å². The molecule has 0 amide bonds. The zero-order valence-electron chi connectivity index (χ0n) is 12.4. The highest BCUT2D eigenvalue weighted by molar-refractivity contribution is 5.87. The van der Waals surface area contributed by atoms with Gasteiger partial charge in [0.15, 0.2) is 0 Å². The second kappa shape index (κ2) is 4.33. The van der Waals surface area contributed by atoms with Crippen molar-refractivity contribution in [3.8, 4) is 5.75 Å². The number of hydrogen-bond acceptors (Lipinski definition) is 3. The van der Waals surface area contributed by atoms with Crippen molar-refractivity contribution in [2.24, 2.45) is 17.3 Å². The minimum atomic E-state index is -0.252. The van der Waals surface area contributed by atoms with Crippen molar-refractivity contribution in [2.75, 3.05) is 0 Å². The van der Waals surface area contributed by atoms with E-state index in [4.69, 9.17) is 0 Å². The van der Waals surface area contributed by atoms with Crippen LogP contribution in [0.15, 0.2) is 18.2 Å². The summed E-state index contributed by atoms with van der Waals surface area (Å²) in [5.74, 6) is 1.23. The minimum absolute atomic E-state index is 0.0675. The van der Waals surface area contributed by atoms with Gasteiger partial charge in [0.05, 0.1) is 6.10 Å². The lowest BCUT2D eigenvalue weighted by Gasteiger charge is -2.49. The number of aromatic hydroxyl groups is 1. The Morgan fingerprint density at radius 2 is 2.05 bits per heavy atom. The topological polar surface area (TPSA) is 57.5 Å². The number of fused-ring (bicyclic) bond motifs is 5. The van der Waals surface area contributed by atoms with Crippen molar-refractivity contribution < 1.29 is 15.0 Å². The van der Waals surface area contributed by atoms with Crippen LogP contribution < -0.4 is 0 Å². The van der Waals surface area contributed by atoms with Crippen LogP contribution in [-0.2, 0) is 11.2 Å². The molecule has 3 nitrogen and oxygen atoms in total. The molecule has 0 heterocycles. The van der Waals surface area contributed by atoms with E-state index >= 15 is 0 Å². The van der Waals surface area contributed by atoms with E-state index in [1.807, 2.05) is 6.07 Å². The molecule has 0 aromatic heterocycles. The molecule has 1 aromatic carbocycles. The summed E-state index contributed by atoms with van der Waals surface area (Å²) in [7, 11) is 0. The molecule has 0 radical (unpaired) electrons. The van der Waals surface area contributed by atoms with Crippen LogP contribution in [0.25, 0.3) is 0 Å². The van der Waals surface area contributed by atoms with Crippen LogP contribution in [0, 0.1) is 17.3 Å². The Morgan fingerprint density at radius 1 is 1.24 bits per heavy atom. The monoisotopic (exact) mass is 286 g/mol. The number of hydrogen-bond donors (Lipinski definition) is 2. The lowest BCUT2D eigenvalue weighted by atomic mass is 9.55. The number of carbonyl (C=O) groups excluding carboxylic acids is 1. The first-order valence-corrected chi connectivity index (χ1v) is 8.03. The summed E-state index contributed by atoms with van der Waals surface area (Å²) in [6.07, 6.45) is 3.95. The maximum absolute atomic E-state index is 12.7. The van der Waals surface area contributed by atoms with Gasteiger partial charge in [-0.2, -0.15) is 0 Å². The highest BCUT2D eigenvalue weighted by atomic mass is 16.3. The molecule has 0 saturated heterocycles. The summed E-state index contributed by atoms with van der Waals surface area (Å²) in [5.41, 5.74) is 2.18. The molecule has 2 saturated carbocycles. The van der Waals surface area contributed by atoms with Crippen molar-refractivity contribution in [1.29, 1.82) is 0 Å². The lowest BCUT2D eigenvalue weighted by Crippen LogP contribution is -2.47. The number of rotatable bonds is 0. The third-order valence-electron chi connectivity index (χ3n) is 6.48. The molecule has 4 rings (SSSR count). The Hall–Kier alpha value is -1.35. The first kappa shape index (κ1) is 13.3. The van der Waals surface area contributed by atoms with Gasteiger partial charge >= 0.3 is 0 Å². The number of phenols is 1. The van der Waals surface area contributed by atoms with Crippen molar-refractivity contribution in [2.45, 2.75) is 51.0 Å². The summed E-state index contributed by atoms with van der Waals surface area (Å²) in [5, 5.41) is 20.0. The molecule has 3 heteroatoms. The van der Waals surface area contributed by atoms with Crippen molar-refractivity contribution >= 4 is 5.78 Å². The Bertz CT molecular complexity index is 608. The predicted molar refractivity (Wildman–Crippen MR) is 79.1 cm³/mol. The summed E-state index contributed by atoms with van der Waals surface area (Å²) in [6, 6.07) is 5.49. The van der Waals surface area contributed by atoms with E-state index in [2.05, 4.69) is 6.92 Å². The summed E-state index contributed by atoms with van der Waals surface area (Å²) in [6.45, 7) is 2.17. The molecule has 5 atom stereocenters. The Kier molecular flexibility index (Phi) is 2.74. The van der Waals surface area contributed by atoms with Crippen LogP contribution >= 0.6 is 0 Å². The summed E-state index contributed by atoms with van der Waals surface area (Å²) >= 11 is 0. The second-order valence-corrected chi connectivity index (χ2v) is 7.40. The SMILES string of the molecule is C[C@]12CC[C@@H]3c4ccc(O)cc4CC(=O)[C@H]3[C@@H]1CCC2O. The second-order valence-electron chi connectivity index (χ2n) is 7.40. The quantitative estimate of drug-likeness (QED) is 0.771. The van der Waals surface area contributed by atoms with Gasteiger partial charge in [0.1, 0.15) is 11.5 Å². The molecule has 21 heavy (non-hydrogen) atoms. The largest absolute Gasteiger partial charge is 0.508 e. The van der Waals surface area contributed by atoms with E-state index in [-0.39, 0.29) is 29.1 Å². The van der Waals surface area contributed by atoms with Gasteiger partial charge in [-0.3, -0.25) is 4.79 Å². The highest BCUT2D eigenvalue weighted by Gasteiger charge is 2.56. The van der Waals surface area contributed by atoms with E-state index in [9.17, 15) is 15.0 Å². The molecule has 2 N–H and O–H groups in total. The van der Waals surface area contributed by atoms with Crippen molar-refractivity contribution in [3.63, 3.8) is 0 Å². The summed E-state index contributed by atoms with van der Waals surface area (Å²) in [4.78, 5) is 12.7. The lowest BCUT2D eigenvalue weighted by molar-refractivity contribution is -0.130. The zero-order valence-corrected chi connectivity index (χ0v) is 12.4. The number of aliphatic hydroxyl groups excluding tert-OH is 1. The first-order chi connectivity index (χ1) is 10.0. The van der Waals surface area contributed by atoms with E-state index in [1.165, 1.54) is 5.56 Å². The Balaban J connectivity index is 1.78. The van der Waals surface area contributed by atoms with Crippen LogP contribution in [0.5, 0.6) is 5.75 Å². The van der Waals surface area contributed by atoms with Gasteiger partial charge in [0, 0.05) is 12.3 Å². The van der Waals surface area contributed by atoms with E-state index < -0.39 is 0 Å². The summed E-state index contributed by atoms with van der Waals surface area (Å²) < 4.78 is 0. The average Bonchev–Trinajstić information content (AvgIpc) is 2.74. The molecule has 2 fully saturated rings. The number of aliphatic hydroxyl groups is 1. The molecule has 3 aliphatic rings. The number of ketones is 1. The standard InChI is InChI=1S/C18H22O3/c1-18-7-6-13-12-3-2-11(19)8-10(12)9-15(20)17(13)14(18)4-5-16(18)21/h2-3,8,13-14,16-17,19,21H,4-7,9H2,1H3/t13-,14+,16?,17-,18+/m1/s1. The third-order valence-corrected chi connectivity index (χ3v) is 6.48. The van der Waals surface area contributed by atoms with E-state index in [0.29, 0.717) is 18.1 Å². The highest BCUT2D eigenvalue weighted by Crippen LogP contribution is 2.60. The molecule has 1 unspecified atom stereocenters. The van der Waals surface area contributed by atoms with Crippen molar-refractivity contribution in [1.82, 2.24) is 0 Å². The smallest absolute Gasteiger partial charge is 0.141 e. The van der Waals surface area contributed by atoms with Crippen LogP contribution in [-0.4, -0.2) is 22.1 Å². The average molecular weight is 286 g/mol. The molecule has 112 valence electrons. The maximum Gasteiger partial charge on any atom is 0.141 e. The molecule has 1 aromatic rings. The van der Waals surface area contributed by atoms with Crippen LogP contribution in [0.4, 0.5) is 0 Å². The van der Waals surface area contributed by atoms with Crippen molar-refractivity contribution in [3.05, 3.63) is 29.3 Å². The molecular formula is C18H22O3. The van der Waals surface area contributed by atoms with Gasteiger partial charge in [-0.25, -0.2) is 0 Å². The van der Waals surface area contributed by atoms with Crippen LogP contribution in [0.2, 0.25) is 0 Å². The van der Waals surface area contributed by atoms with E-state index in [1.54, 1.807) is 12.1 Å². The maximum atomic E-state index is 12.7. The van der Waals surface area contributed by atoms with Gasteiger partial charge in [-0.15, -0.1) is 0 Å². The normalized spacial score (nSPS) is 41.3. The molecule has 0 bridgehead atoms. The number of carbonyl (C=O) groups is 1. The molecule has 0 aliphatic heterocycles. The van der Waals surface area contributed by atoms with E-state index in [0.717, 1.165) is 31.2 Å². The van der Waals surface area contributed by atoms with Crippen LogP contribution in [0.3, 0.4) is 0 Å². The van der Waals surface area contributed by atoms with Gasteiger partial charge < -0.3 is 10.2 Å². The fraction of sp³-hybridized carbons (Fsp3) is 0.611. The van der Waals surface area contributed by atoms with Gasteiger partial charge in [0.25, 0.3) is 0 Å². The Morgan fingerprint density at radius 3 is 2.86 bits per heavy atom. The molecular weight excluding hydrogens is 264 g/mol. The molecule has 0 spiro atoms. The molecule has 3 aliphatic carbocycles. The van der Waals surface area contributed by atoms with Gasteiger partial charge in [-0.1, -0.05) is 13.0 Å². The fourth-order valence-corrected chi connectivity index (χ4v) is 5.32. The van der Waals surface area contributed by atoms with Gasteiger partial charge in [-0.05, 0) is 66.2 Å². The fourth-order valence-electron chi connectivity index (χ4n) is 5.32. The number of Topliss-reactive ketones (excluding diaryl/α,β-unsaturated/α-hetero) is 1. The Labute approximate surface area is 125 Å². The first-order valence-electron chi connectivity index (χ1n) is 8.03. The predicted octanol–water partition coefficient (Wildman–Crippen LogP) is 2.79.